The molecule has 336 valence electrons. The van der Waals surface area contributed by atoms with Crippen LogP contribution >= 0.6 is 11.8 Å². The summed E-state index contributed by atoms with van der Waals surface area (Å²) in [6.45, 7) is 0.578. The van der Waals surface area contributed by atoms with Crippen LogP contribution < -0.4 is 4.74 Å². The van der Waals surface area contributed by atoms with Gasteiger partial charge in [-0.25, -0.2) is 0 Å². The molecule has 63 heavy (non-hydrogen) atoms. The van der Waals surface area contributed by atoms with Crippen molar-refractivity contribution in [2.75, 3.05) is 46.4 Å². The number of aliphatic hydroxyl groups is 2. The highest BCUT2D eigenvalue weighted by Crippen LogP contribution is 2.53. The van der Waals surface area contributed by atoms with Crippen molar-refractivity contribution in [2.24, 2.45) is 5.92 Å². The predicted molar refractivity (Wildman–Crippen MR) is 211 cm³/mol. The Morgan fingerprint density at radius 3 is 2.41 bits per heavy atom. The Hall–Kier alpha value is -4.84. The van der Waals surface area contributed by atoms with Crippen LogP contribution in [0.2, 0.25) is 0 Å². The van der Waals surface area contributed by atoms with Gasteiger partial charge in [0.1, 0.15) is 42.2 Å². The van der Waals surface area contributed by atoms with Crippen molar-refractivity contribution in [2.45, 2.75) is 93.0 Å². The number of Topliss-reactive ketones (excluding diaryl/α,β-unsaturated/α-hetero) is 1. The zero-order chi connectivity index (χ0) is 44.8. The number of hydrogen-bond donors (Lipinski definition) is 4. The molecule has 21 heteroatoms. The van der Waals surface area contributed by atoms with Crippen molar-refractivity contribution in [3.63, 3.8) is 0 Å². The van der Waals surface area contributed by atoms with E-state index in [-0.39, 0.29) is 66.5 Å². The number of aromatic hydroxyl groups is 2. The molecule has 5 saturated heterocycles. The van der Waals surface area contributed by atoms with Crippen LogP contribution in [-0.4, -0.2) is 170 Å². The van der Waals surface area contributed by atoms with Crippen LogP contribution in [0.5, 0.6) is 17.2 Å². The van der Waals surface area contributed by atoms with Crippen LogP contribution in [0.25, 0.3) is 0 Å². The number of rotatable bonds is 11. The minimum Gasteiger partial charge on any atom is -0.507 e. The number of methoxy groups -OCH3 is 1. The number of hydrogen-bond acceptors (Lipinski definition) is 19. The first kappa shape index (κ1) is 43.4. The van der Waals surface area contributed by atoms with Gasteiger partial charge < -0.3 is 48.8 Å². The van der Waals surface area contributed by atoms with Gasteiger partial charge in [0.05, 0.1) is 60.4 Å². The van der Waals surface area contributed by atoms with E-state index in [0.29, 0.717) is 6.54 Å². The fourth-order valence-corrected chi connectivity index (χ4v) is 10.6. The third-order valence-corrected chi connectivity index (χ3v) is 14.1. The average Bonchev–Trinajstić information content (AvgIpc) is 3.88. The summed E-state index contributed by atoms with van der Waals surface area (Å²) in [5.74, 6) is -6.88. The second-order valence-corrected chi connectivity index (χ2v) is 17.7. The standard InChI is InChI=1S/C42H45N3O17S/c1-17-37-21(43-7-8-58-41(40(43)62-37)59-15-18-9-26(48)44(38(18)54)16-45-27(49)11-24(63-3)39(45)55)10-28(60-17)61-23-13-42(56,25(47)14-46)12-20-30(23)36(53)32-31(34(20)51)33(50)19-5-4-6-22(57-2)29(19)35(32)52/h4-6,17-18,21,23-24,28,37,40-41,46,51,53,56H,7-16H2,1-3H3/t17-,18?,21-,23-,24?,28-,37+,40+,41?,42-/m0/s1. The molecule has 5 aliphatic heterocycles. The number of thioether (sulfide) groups is 1. The smallest absolute Gasteiger partial charge is 0.244 e. The zero-order valence-corrected chi connectivity index (χ0v) is 35.2. The molecule has 2 aromatic rings. The summed E-state index contributed by atoms with van der Waals surface area (Å²) >= 11 is 1.23. The topological polar surface area (TPSA) is 266 Å². The molecule has 2 aliphatic carbocycles. The summed E-state index contributed by atoms with van der Waals surface area (Å²) in [6.07, 6.45) is -5.01. The number of ether oxygens (including phenoxy) is 6. The number of nitrogens with zero attached hydrogens (tertiary/aromatic N) is 3. The van der Waals surface area contributed by atoms with E-state index in [1.165, 1.54) is 37.1 Å². The first-order chi connectivity index (χ1) is 30.1. The van der Waals surface area contributed by atoms with Crippen molar-refractivity contribution in [1.82, 2.24) is 14.7 Å². The highest BCUT2D eigenvalue weighted by atomic mass is 32.2. The van der Waals surface area contributed by atoms with Gasteiger partial charge >= 0.3 is 0 Å². The number of carbonyl (C=O) groups excluding carboxylic acids is 7. The molecule has 0 aromatic heterocycles. The van der Waals surface area contributed by atoms with Crippen LogP contribution in [-0.2, 0) is 54.1 Å². The highest BCUT2D eigenvalue weighted by Gasteiger charge is 2.56. The first-order valence-corrected chi connectivity index (χ1v) is 21.8. The summed E-state index contributed by atoms with van der Waals surface area (Å²) in [7, 11) is 1.32. The fourth-order valence-electron chi connectivity index (χ4n) is 10.0. The molecule has 7 aliphatic rings. The number of fused-ring (bicyclic) bond motifs is 6. The van der Waals surface area contributed by atoms with Gasteiger partial charge in [0, 0.05) is 61.4 Å². The molecule has 2 aromatic carbocycles. The maximum Gasteiger partial charge on any atom is 0.244 e. The lowest BCUT2D eigenvalue weighted by Crippen LogP contribution is -2.55. The normalized spacial score (nSPS) is 32.7. The third-order valence-electron chi connectivity index (χ3n) is 13.2. The van der Waals surface area contributed by atoms with Gasteiger partial charge in [-0.15, -0.1) is 0 Å². The molecular formula is C42H45N3O17S. The first-order valence-electron chi connectivity index (χ1n) is 20.5. The van der Waals surface area contributed by atoms with E-state index in [9.17, 15) is 54.0 Å². The summed E-state index contributed by atoms with van der Waals surface area (Å²) in [5, 5.41) is 44.6. The number of amides is 4. The monoisotopic (exact) mass is 895 g/mol. The number of phenolic OH excluding ortho intramolecular Hbond substituents is 2. The van der Waals surface area contributed by atoms with E-state index in [1.54, 1.807) is 13.2 Å². The van der Waals surface area contributed by atoms with Gasteiger partial charge in [0.2, 0.25) is 29.4 Å². The zero-order valence-electron chi connectivity index (χ0n) is 34.3. The van der Waals surface area contributed by atoms with Crippen molar-refractivity contribution in [3.8, 4) is 17.2 Å². The Bertz CT molecular complexity index is 2340. The summed E-state index contributed by atoms with van der Waals surface area (Å²) in [6, 6.07) is 3.96. The fraction of sp³-hybridized carbons (Fsp3) is 0.548. The second-order valence-electron chi connectivity index (χ2n) is 16.7. The van der Waals surface area contributed by atoms with E-state index in [0.717, 1.165) is 9.80 Å². The van der Waals surface area contributed by atoms with Crippen LogP contribution in [0.15, 0.2) is 18.2 Å². The number of aliphatic hydroxyl groups excluding tert-OH is 1. The lowest BCUT2D eigenvalue weighted by atomic mass is 9.72. The molecule has 5 heterocycles. The Kier molecular flexibility index (Phi) is 11.2. The molecule has 20 nitrogen and oxygen atoms in total. The number of likely N-dealkylation sites (tertiary alicyclic amines) is 2. The average molecular weight is 896 g/mol. The van der Waals surface area contributed by atoms with Gasteiger partial charge in [0.15, 0.2) is 30.4 Å². The predicted octanol–water partition coefficient (Wildman–Crippen LogP) is -0.0954. The molecule has 9 rings (SSSR count). The SMILES string of the molecule is COc1cccc2c1C(=O)c1c(O)c3c(c(O)c1C2=O)C[C@@](O)(C(=O)CO)C[C@@H]3O[C@H]1C[C@H]2[C@H](O[C@@H]3C(OCC4CC(=O)N(CN5C(=O)CC(SC)C5=O)C4=O)OCCN32)[C@H](C)O1. The highest BCUT2D eigenvalue weighted by molar-refractivity contribution is 8.00. The van der Waals surface area contributed by atoms with Crippen LogP contribution in [0.1, 0.15) is 81.7 Å². The number of ketones is 3. The molecule has 5 fully saturated rings. The molecule has 4 N–H and O–H groups in total. The van der Waals surface area contributed by atoms with Crippen molar-refractivity contribution in [3.05, 3.63) is 51.6 Å². The molecule has 0 radical (unpaired) electrons. The van der Waals surface area contributed by atoms with Crippen molar-refractivity contribution in [1.29, 1.82) is 0 Å². The number of carbonyl (C=O) groups is 7. The van der Waals surface area contributed by atoms with E-state index >= 15 is 0 Å². The third kappa shape index (κ3) is 6.95. The Morgan fingerprint density at radius 2 is 1.70 bits per heavy atom. The Labute approximate surface area is 363 Å². The summed E-state index contributed by atoms with van der Waals surface area (Å²) in [5.41, 5.74) is -3.89. The van der Waals surface area contributed by atoms with E-state index in [1.807, 2.05) is 4.90 Å². The quantitative estimate of drug-likeness (QED) is 0.145. The molecule has 3 unspecified atom stereocenters. The number of phenols is 2. The van der Waals surface area contributed by atoms with Crippen molar-refractivity contribution < 1.29 is 82.4 Å². The van der Waals surface area contributed by atoms with Crippen LogP contribution in [0, 0.1) is 5.92 Å². The van der Waals surface area contributed by atoms with E-state index in [4.69, 9.17) is 28.4 Å². The number of benzene rings is 2. The van der Waals surface area contributed by atoms with Gasteiger partial charge in [-0.05, 0) is 19.2 Å². The molecule has 4 amide bonds. The molecule has 0 spiro atoms. The summed E-state index contributed by atoms with van der Waals surface area (Å²) < 4.78 is 36.6. The minimum absolute atomic E-state index is 0.00500. The molecular weight excluding hydrogens is 851 g/mol. The largest absolute Gasteiger partial charge is 0.507 e. The van der Waals surface area contributed by atoms with Crippen LogP contribution in [0.3, 0.4) is 0 Å². The van der Waals surface area contributed by atoms with Gasteiger partial charge in [0.25, 0.3) is 0 Å². The number of imide groups is 2. The van der Waals surface area contributed by atoms with Gasteiger partial charge in [-0.1, -0.05) is 12.1 Å². The van der Waals surface area contributed by atoms with Gasteiger partial charge in [-0.3, -0.25) is 48.3 Å². The second kappa shape index (κ2) is 16.3. The Balaban J connectivity index is 0.930. The number of morpholine rings is 1. The molecule has 10 atom stereocenters. The van der Waals surface area contributed by atoms with E-state index < -0.39 is 144 Å². The lowest BCUT2D eigenvalue weighted by Gasteiger charge is -2.43. The van der Waals surface area contributed by atoms with Crippen LogP contribution in [0.4, 0.5) is 0 Å². The lowest BCUT2D eigenvalue weighted by molar-refractivity contribution is -0.263. The summed E-state index contributed by atoms with van der Waals surface area (Å²) in [4.78, 5) is 96.2. The van der Waals surface area contributed by atoms with E-state index in [2.05, 4.69) is 0 Å². The van der Waals surface area contributed by atoms with Crippen molar-refractivity contribution >= 4 is 52.7 Å². The molecule has 0 saturated carbocycles. The Morgan fingerprint density at radius 1 is 0.968 bits per heavy atom. The van der Waals surface area contributed by atoms with Gasteiger partial charge in [-0.2, -0.15) is 11.8 Å². The minimum atomic E-state index is -2.32. The molecule has 0 bridgehead atoms. The maximum atomic E-state index is 14.1. The maximum absolute atomic E-state index is 14.1.